The predicted molar refractivity (Wildman–Crippen MR) is 145 cm³/mol. The van der Waals surface area contributed by atoms with E-state index in [9.17, 15) is 0 Å². The van der Waals surface area contributed by atoms with Gasteiger partial charge in [-0.1, -0.05) is 39.3 Å². The standard InChI is InChI=1S/C20H24N6O.C4H10.C2H7N/c1-2-15(11-22)12-24-25-19(7-8-21)18-13-26(16-5-4-10-27-14-16)20-17(18)6-3-9-23-20;1-3-4-2;1-3-2/h2-3,6-9,11-13,16H,1,4-5,10,14,21-22H2;3-4H2,1-2H3;3H,1-2H3/b8-7-,15-11-,24-12-,25-19+;;. The van der Waals surface area contributed by atoms with Crippen molar-refractivity contribution >= 4 is 23.0 Å². The van der Waals surface area contributed by atoms with E-state index in [0.717, 1.165) is 36.0 Å². The molecule has 0 aromatic carbocycles. The van der Waals surface area contributed by atoms with Crippen molar-refractivity contribution in [2.45, 2.75) is 45.6 Å². The molecule has 1 aliphatic rings. The van der Waals surface area contributed by atoms with Crippen LogP contribution in [0.2, 0.25) is 0 Å². The molecule has 1 atom stereocenters. The molecule has 0 saturated carbocycles. The molecule has 2 aromatic heterocycles. The average molecular weight is 468 g/mol. The minimum absolute atomic E-state index is 0.254. The summed E-state index contributed by atoms with van der Waals surface area (Å²) in [5.74, 6) is 0. The topological polar surface area (TPSA) is 116 Å². The van der Waals surface area contributed by atoms with Crippen LogP contribution in [0.15, 0.2) is 71.4 Å². The summed E-state index contributed by atoms with van der Waals surface area (Å²) in [5.41, 5.74) is 14.3. The van der Waals surface area contributed by atoms with Gasteiger partial charge in [0.2, 0.25) is 0 Å². The molecule has 0 aliphatic carbocycles. The molecule has 1 saturated heterocycles. The lowest BCUT2D eigenvalue weighted by molar-refractivity contribution is 0.0605. The highest BCUT2D eigenvalue weighted by Crippen LogP contribution is 2.28. The molecule has 186 valence electrons. The summed E-state index contributed by atoms with van der Waals surface area (Å²) in [7, 11) is 3.75. The van der Waals surface area contributed by atoms with Gasteiger partial charge in [0.15, 0.2) is 0 Å². The van der Waals surface area contributed by atoms with Crippen LogP contribution in [0.4, 0.5) is 0 Å². The fourth-order valence-corrected chi connectivity index (χ4v) is 3.10. The van der Waals surface area contributed by atoms with Crippen molar-refractivity contribution in [1.82, 2.24) is 14.9 Å². The zero-order valence-electron chi connectivity index (χ0n) is 21.1. The van der Waals surface area contributed by atoms with Crippen molar-refractivity contribution in [1.29, 1.82) is 0 Å². The zero-order valence-corrected chi connectivity index (χ0v) is 21.1. The van der Waals surface area contributed by atoms with Crippen molar-refractivity contribution in [2.24, 2.45) is 21.7 Å². The number of hydrogen-bond donors (Lipinski definition) is 3. The van der Waals surface area contributed by atoms with Crippen molar-refractivity contribution in [3.05, 3.63) is 66.8 Å². The summed E-state index contributed by atoms with van der Waals surface area (Å²) < 4.78 is 7.82. The first-order valence-electron chi connectivity index (χ1n) is 11.8. The third-order valence-electron chi connectivity index (χ3n) is 4.95. The van der Waals surface area contributed by atoms with E-state index in [4.69, 9.17) is 16.2 Å². The number of pyridine rings is 1. The van der Waals surface area contributed by atoms with E-state index in [-0.39, 0.29) is 6.04 Å². The fourth-order valence-electron chi connectivity index (χ4n) is 3.10. The SMILES string of the molecule is C=CC(/C=N\N=C(/C=C\N)c1cn(C2CCCOC2)c2ncccc12)=C/N.CCCC.CNC. The second kappa shape index (κ2) is 17.3. The van der Waals surface area contributed by atoms with E-state index < -0.39 is 0 Å². The number of unbranched alkanes of at least 4 members (excludes halogenated alkanes) is 1. The van der Waals surface area contributed by atoms with Crippen molar-refractivity contribution < 1.29 is 4.74 Å². The minimum Gasteiger partial charge on any atom is -0.405 e. The molecule has 8 nitrogen and oxygen atoms in total. The molecule has 1 unspecified atom stereocenters. The lowest BCUT2D eigenvalue weighted by Crippen LogP contribution is -2.20. The van der Waals surface area contributed by atoms with Crippen LogP contribution in [0.25, 0.3) is 11.0 Å². The normalized spacial score (nSPS) is 16.8. The Hall–Kier alpha value is -3.23. The summed E-state index contributed by atoms with van der Waals surface area (Å²) in [6.45, 7) is 9.53. The van der Waals surface area contributed by atoms with Gasteiger partial charge in [0.1, 0.15) is 5.65 Å². The Balaban J connectivity index is 0.000000732. The number of rotatable bonds is 7. The first kappa shape index (κ1) is 28.8. The smallest absolute Gasteiger partial charge is 0.140 e. The lowest BCUT2D eigenvalue weighted by atomic mass is 10.1. The Bertz CT molecular complexity index is 965. The van der Waals surface area contributed by atoms with Crippen molar-refractivity contribution in [3.8, 4) is 0 Å². The maximum Gasteiger partial charge on any atom is 0.140 e. The Morgan fingerprint density at radius 3 is 2.62 bits per heavy atom. The quantitative estimate of drug-likeness (QED) is 0.319. The van der Waals surface area contributed by atoms with Crippen molar-refractivity contribution in [2.75, 3.05) is 27.3 Å². The number of hydrogen-bond acceptors (Lipinski definition) is 7. The Kier molecular flexibility index (Phi) is 14.6. The minimum atomic E-state index is 0.254. The van der Waals surface area contributed by atoms with E-state index >= 15 is 0 Å². The number of fused-ring (bicyclic) bond motifs is 1. The molecule has 0 bridgehead atoms. The summed E-state index contributed by atoms with van der Waals surface area (Å²) in [4.78, 5) is 4.57. The van der Waals surface area contributed by atoms with Gasteiger partial charge < -0.3 is 26.1 Å². The van der Waals surface area contributed by atoms with Gasteiger partial charge in [-0.05, 0) is 51.3 Å². The third kappa shape index (κ3) is 8.96. The Labute approximate surface area is 204 Å². The van der Waals surface area contributed by atoms with Gasteiger partial charge in [-0.2, -0.15) is 10.2 Å². The molecule has 0 radical (unpaired) electrons. The van der Waals surface area contributed by atoms with Crippen LogP contribution in [-0.2, 0) is 4.74 Å². The van der Waals surface area contributed by atoms with E-state index in [2.05, 4.69) is 51.7 Å². The van der Waals surface area contributed by atoms with E-state index in [1.165, 1.54) is 25.2 Å². The number of nitrogens with one attached hydrogen (secondary N) is 1. The third-order valence-corrected chi connectivity index (χ3v) is 4.95. The number of nitrogens with zero attached hydrogens (tertiary/aromatic N) is 4. The fraction of sp³-hybridized carbons (Fsp3) is 0.423. The largest absolute Gasteiger partial charge is 0.405 e. The molecule has 5 N–H and O–H groups in total. The number of nitrogens with two attached hydrogens (primary N) is 2. The molecule has 2 aromatic rings. The summed E-state index contributed by atoms with van der Waals surface area (Å²) in [6.07, 6.45) is 16.3. The molecular formula is C26H41N7O. The van der Waals surface area contributed by atoms with Gasteiger partial charge in [0.05, 0.1) is 24.6 Å². The van der Waals surface area contributed by atoms with Crippen LogP contribution < -0.4 is 16.8 Å². The number of ether oxygens (including phenoxy) is 1. The number of aromatic nitrogens is 2. The van der Waals surface area contributed by atoms with Gasteiger partial charge in [0, 0.05) is 41.7 Å². The van der Waals surface area contributed by atoms with Crippen LogP contribution in [0.5, 0.6) is 0 Å². The van der Waals surface area contributed by atoms with Gasteiger partial charge in [-0.3, -0.25) is 0 Å². The molecule has 3 heterocycles. The number of allylic oxidation sites excluding steroid dienone is 3. The van der Waals surface area contributed by atoms with E-state index in [1.807, 2.05) is 26.2 Å². The van der Waals surface area contributed by atoms with Crippen LogP contribution >= 0.6 is 0 Å². The lowest BCUT2D eigenvalue weighted by Gasteiger charge is -2.24. The molecule has 1 aliphatic heterocycles. The maximum absolute atomic E-state index is 5.65. The van der Waals surface area contributed by atoms with Crippen LogP contribution in [0.3, 0.4) is 0 Å². The molecular weight excluding hydrogens is 426 g/mol. The Morgan fingerprint density at radius 2 is 2.06 bits per heavy atom. The molecule has 0 spiro atoms. The predicted octanol–water partition coefficient (Wildman–Crippen LogP) is 4.31. The highest BCUT2D eigenvalue weighted by Gasteiger charge is 2.21. The Morgan fingerprint density at radius 1 is 1.32 bits per heavy atom. The van der Waals surface area contributed by atoms with E-state index in [1.54, 1.807) is 24.6 Å². The van der Waals surface area contributed by atoms with Crippen LogP contribution in [-0.4, -0.2) is 48.8 Å². The van der Waals surface area contributed by atoms with Crippen LogP contribution in [0.1, 0.15) is 51.1 Å². The molecule has 1 fully saturated rings. The van der Waals surface area contributed by atoms with Gasteiger partial charge in [0.25, 0.3) is 0 Å². The maximum atomic E-state index is 5.65. The molecule has 3 rings (SSSR count). The van der Waals surface area contributed by atoms with Gasteiger partial charge in [-0.15, -0.1) is 0 Å². The summed E-state index contributed by atoms with van der Waals surface area (Å²) in [5, 5.41) is 12.2. The van der Waals surface area contributed by atoms with E-state index in [0.29, 0.717) is 17.9 Å². The second-order valence-corrected chi connectivity index (χ2v) is 7.66. The first-order valence-corrected chi connectivity index (χ1v) is 11.8. The average Bonchev–Trinajstić information content (AvgIpc) is 3.27. The highest BCUT2D eigenvalue weighted by molar-refractivity contribution is 6.16. The van der Waals surface area contributed by atoms with Crippen LogP contribution in [0, 0.1) is 0 Å². The highest BCUT2D eigenvalue weighted by atomic mass is 16.5. The first-order chi connectivity index (χ1) is 16.6. The van der Waals surface area contributed by atoms with Gasteiger partial charge >= 0.3 is 0 Å². The summed E-state index contributed by atoms with van der Waals surface area (Å²) >= 11 is 0. The zero-order chi connectivity index (χ0) is 25.2. The molecule has 8 heteroatoms. The van der Waals surface area contributed by atoms with Gasteiger partial charge in [-0.25, -0.2) is 4.98 Å². The molecule has 34 heavy (non-hydrogen) atoms. The van der Waals surface area contributed by atoms with Crippen molar-refractivity contribution in [3.63, 3.8) is 0 Å². The monoisotopic (exact) mass is 467 g/mol. The summed E-state index contributed by atoms with van der Waals surface area (Å²) in [6, 6.07) is 4.19. The molecule has 0 amide bonds. The second-order valence-electron chi connectivity index (χ2n) is 7.66.